The standard InChI is InChI=1S/C15H17N3O3S/c1-20-11-4-2-10(3-5-11)13-12(16)14(22-17-13)15(19)18-6-8-21-9-7-18/h2-5H,6-9,16H2,1H3. The van der Waals surface area contributed by atoms with Crippen molar-refractivity contribution in [3.05, 3.63) is 29.1 Å². The smallest absolute Gasteiger partial charge is 0.267 e. The SMILES string of the molecule is COc1ccc(-c2nsc(C(=O)N3CCOCC3)c2N)cc1. The molecule has 1 aliphatic rings. The van der Waals surface area contributed by atoms with Crippen LogP contribution in [0, 0.1) is 0 Å². The van der Waals surface area contributed by atoms with E-state index in [1.165, 1.54) is 0 Å². The minimum atomic E-state index is -0.0712. The number of benzene rings is 1. The maximum Gasteiger partial charge on any atom is 0.267 e. The Morgan fingerprint density at radius 1 is 1.32 bits per heavy atom. The highest BCUT2D eigenvalue weighted by molar-refractivity contribution is 7.09. The van der Waals surface area contributed by atoms with Crippen molar-refractivity contribution in [3.8, 4) is 17.0 Å². The van der Waals surface area contributed by atoms with Crippen LogP contribution >= 0.6 is 11.5 Å². The first kappa shape index (κ1) is 14.8. The zero-order valence-electron chi connectivity index (χ0n) is 12.2. The van der Waals surface area contributed by atoms with Crippen molar-refractivity contribution in [1.82, 2.24) is 9.27 Å². The molecular weight excluding hydrogens is 302 g/mol. The van der Waals surface area contributed by atoms with Gasteiger partial charge in [-0.3, -0.25) is 4.79 Å². The lowest BCUT2D eigenvalue weighted by Gasteiger charge is -2.26. The molecule has 1 aromatic carbocycles. The molecule has 2 aromatic rings. The Hall–Kier alpha value is -2.12. The molecular formula is C15H17N3O3S. The fourth-order valence-corrected chi connectivity index (χ4v) is 3.11. The lowest BCUT2D eigenvalue weighted by Crippen LogP contribution is -2.40. The molecule has 0 atom stereocenters. The number of morpholine rings is 1. The largest absolute Gasteiger partial charge is 0.497 e. The van der Waals surface area contributed by atoms with E-state index in [1.54, 1.807) is 12.0 Å². The van der Waals surface area contributed by atoms with E-state index in [4.69, 9.17) is 15.2 Å². The summed E-state index contributed by atoms with van der Waals surface area (Å²) in [4.78, 5) is 14.8. The monoisotopic (exact) mass is 319 g/mol. The van der Waals surface area contributed by atoms with Crippen LogP contribution in [0.2, 0.25) is 0 Å². The number of hydrogen-bond acceptors (Lipinski definition) is 6. The third kappa shape index (κ3) is 2.77. The van der Waals surface area contributed by atoms with Crippen LogP contribution < -0.4 is 10.5 Å². The first-order valence-corrected chi connectivity index (χ1v) is 7.74. The Kier molecular flexibility index (Phi) is 4.26. The molecule has 1 amide bonds. The van der Waals surface area contributed by atoms with Gasteiger partial charge in [-0.05, 0) is 35.8 Å². The molecule has 6 nitrogen and oxygen atoms in total. The van der Waals surface area contributed by atoms with Gasteiger partial charge in [-0.2, -0.15) is 4.37 Å². The molecule has 0 spiro atoms. The van der Waals surface area contributed by atoms with E-state index in [0.717, 1.165) is 22.8 Å². The topological polar surface area (TPSA) is 77.7 Å². The number of carbonyl (C=O) groups excluding carboxylic acids is 1. The van der Waals surface area contributed by atoms with Gasteiger partial charge < -0.3 is 20.1 Å². The Balaban J connectivity index is 1.85. The first-order valence-electron chi connectivity index (χ1n) is 6.97. The van der Waals surface area contributed by atoms with E-state index in [1.807, 2.05) is 24.3 Å². The third-order valence-corrected chi connectivity index (χ3v) is 4.43. The summed E-state index contributed by atoms with van der Waals surface area (Å²) in [7, 11) is 1.62. The van der Waals surface area contributed by atoms with Gasteiger partial charge in [0.25, 0.3) is 5.91 Å². The summed E-state index contributed by atoms with van der Waals surface area (Å²) >= 11 is 1.14. The maximum atomic E-state index is 12.5. The Morgan fingerprint density at radius 3 is 2.64 bits per heavy atom. The van der Waals surface area contributed by atoms with Crippen LogP contribution in [0.25, 0.3) is 11.3 Å². The predicted molar refractivity (Wildman–Crippen MR) is 85.2 cm³/mol. The Morgan fingerprint density at radius 2 is 2.00 bits per heavy atom. The van der Waals surface area contributed by atoms with E-state index >= 15 is 0 Å². The second-order valence-corrected chi connectivity index (χ2v) is 5.68. The zero-order valence-corrected chi connectivity index (χ0v) is 13.1. The number of nitrogen functional groups attached to an aromatic ring is 1. The summed E-state index contributed by atoms with van der Waals surface area (Å²) in [5.74, 6) is 0.695. The summed E-state index contributed by atoms with van der Waals surface area (Å²) in [5, 5.41) is 0. The molecule has 3 rings (SSSR count). The summed E-state index contributed by atoms with van der Waals surface area (Å²) in [6.45, 7) is 2.31. The van der Waals surface area contributed by atoms with Crippen LogP contribution in [0.15, 0.2) is 24.3 Å². The van der Waals surface area contributed by atoms with Gasteiger partial charge in [0, 0.05) is 18.7 Å². The molecule has 0 bridgehead atoms. The van der Waals surface area contributed by atoms with Crippen LogP contribution in [0.3, 0.4) is 0 Å². The van der Waals surface area contributed by atoms with Gasteiger partial charge in [0.1, 0.15) is 16.3 Å². The fraction of sp³-hybridized carbons (Fsp3) is 0.333. The highest BCUT2D eigenvalue weighted by Crippen LogP contribution is 2.32. The average Bonchev–Trinajstić information content (AvgIpc) is 2.96. The molecule has 0 saturated carbocycles. The molecule has 1 saturated heterocycles. The number of anilines is 1. The summed E-state index contributed by atoms with van der Waals surface area (Å²) in [6, 6.07) is 7.45. The number of amides is 1. The lowest BCUT2D eigenvalue weighted by molar-refractivity contribution is 0.0307. The van der Waals surface area contributed by atoms with Crippen molar-refractivity contribution < 1.29 is 14.3 Å². The van der Waals surface area contributed by atoms with Crippen LogP contribution in [0.1, 0.15) is 9.67 Å². The van der Waals surface area contributed by atoms with E-state index < -0.39 is 0 Å². The van der Waals surface area contributed by atoms with Gasteiger partial charge in [0.15, 0.2) is 0 Å². The van der Waals surface area contributed by atoms with E-state index in [2.05, 4.69) is 4.37 Å². The van der Waals surface area contributed by atoms with E-state index in [-0.39, 0.29) is 5.91 Å². The molecule has 0 aliphatic carbocycles. The minimum absolute atomic E-state index is 0.0712. The Labute approximate surface area is 132 Å². The highest BCUT2D eigenvalue weighted by atomic mass is 32.1. The molecule has 2 heterocycles. The second kappa shape index (κ2) is 6.33. The van der Waals surface area contributed by atoms with Gasteiger partial charge in [-0.1, -0.05) is 0 Å². The average molecular weight is 319 g/mol. The highest BCUT2D eigenvalue weighted by Gasteiger charge is 2.24. The van der Waals surface area contributed by atoms with E-state index in [0.29, 0.717) is 42.6 Å². The zero-order chi connectivity index (χ0) is 15.5. The van der Waals surface area contributed by atoms with Crippen molar-refractivity contribution in [2.45, 2.75) is 0 Å². The molecule has 0 radical (unpaired) electrons. The van der Waals surface area contributed by atoms with Crippen LogP contribution in [0.4, 0.5) is 5.69 Å². The molecule has 1 fully saturated rings. The van der Waals surface area contributed by atoms with Crippen LogP contribution in [-0.2, 0) is 4.74 Å². The van der Waals surface area contributed by atoms with Gasteiger partial charge in [-0.25, -0.2) is 0 Å². The number of methoxy groups -OCH3 is 1. The third-order valence-electron chi connectivity index (χ3n) is 3.58. The molecule has 1 aromatic heterocycles. The number of nitrogens with two attached hydrogens (primary N) is 1. The van der Waals surface area contributed by atoms with Crippen molar-refractivity contribution in [1.29, 1.82) is 0 Å². The van der Waals surface area contributed by atoms with Crippen molar-refractivity contribution in [2.75, 3.05) is 39.1 Å². The minimum Gasteiger partial charge on any atom is -0.497 e. The summed E-state index contributed by atoms with van der Waals surface area (Å²) < 4.78 is 14.8. The van der Waals surface area contributed by atoms with Crippen molar-refractivity contribution in [2.24, 2.45) is 0 Å². The number of aromatic nitrogens is 1. The molecule has 7 heteroatoms. The van der Waals surface area contributed by atoms with Crippen LogP contribution in [0.5, 0.6) is 5.75 Å². The number of hydrogen-bond donors (Lipinski definition) is 1. The van der Waals surface area contributed by atoms with Gasteiger partial charge in [-0.15, -0.1) is 0 Å². The predicted octanol–water partition coefficient (Wildman–Crippen LogP) is 1.87. The number of ether oxygens (including phenoxy) is 2. The van der Waals surface area contributed by atoms with Crippen molar-refractivity contribution >= 4 is 23.1 Å². The molecule has 2 N–H and O–H groups in total. The second-order valence-electron chi connectivity index (χ2n) is 4.91. The normalized spacial score (nSPS) is 14.9. The lowest BCUT2D eigenvalue weighted by atomic mass is 10.1. The van der Waals surface area contributed by atoms with Gasteiger partial charge in [0.05, 0.1) is 26.0 Å². The van der Waals surface area contributed by atoms with Gasteiger partial charge >= 0.3 is 0 Å². The van der Waals surface area contributed by atoms with Crippen molar-refractivity contribution in [3.63, 3.8) is 0 Å². The number of rotatable bonds is 3. The number of nitrogens with zero attached hydrogens (tertiary/aromatic N) is 2. The van der Waals surface area contributed by atoms with E-state index in [9.17, 15) is 4.79 Å². The fourth-order valence-electron chi connectivity index (χ4n) is 2.32. The quantitative estimate of drug-likeness (QED) is 0.934. The Bertz CT molecular complexity index is 663. The summed E-state index contributed by atoms with van der Waals surface area (Å²) in [5.41, 5.74) is 8.10. The molecule has 22 heavy (non-hydrogen) atoms. The molecule has 1 aliphatic heterocycles. The van der Waals surface area contributed by atoms with Crippen LogP contribution in [-0.4, -0.2) is 48.6 Å². The first-order chi connectivity index (χ1) is 10.7. The number of carbonyl (C=O) groups is 1. The van der Waals surface area contributed by atoms with Gasteiger partial charge in [0.2, 0.25) is 0 Å². The molecule has 0 unspecified atom stereocenters. The maximum absolute atomic E-state index is 12.5. The summed E-state index contributed by atoms with van der Waals surface area (Å²) in [6.07, 6.45) is 0. The molecule has 116 valence electrons.